The second-order valence-corrected chi connectivity index (χ2v) is 4.76. The summed E-state index contributed by atoms with van der Waals surface area (Å²) in [5.41, 5.74) is 2.62. The summed E-state index contributed by atoms with van der Waals surface area (Å²) in [6.07, 6.45) is 4.79. The fourth-order valence-electron chi connectivity index (χ4n) is 2.16. The second-order valence-electron chi connectivity index (χ2n) is 4.76. The van der Waals surface area contributed by atoms with Crippen LogP contribution < -0.4 is 4.74 Å². The van der Waals surface area contributed by atoms with Gasteiger partial charge in [-0.25, -0.2) is 9.97 Å². The monoisotopic (exact) mass is 290 g/mol. The first-order valence-electron chi connectivity index (χ1n) is 6.92. The number of carbonyl (C=O) groups excluding carboxylic acids is 1. The van der Waals surface area contributed by atoms with Crippen LogP contribution in [-0.2, 0) is 11.2 Å². The van der Waals surface area contributed by atoms with Gasteiger partial charge in [-0.3, -0.25) is 4.79 Å². The minimum Gasteiger partial charge on any atom is -0.426 e. The van der Waals surface area contributed by atoms with Crippen molar-refractivity contribution < 1.29 is 9.53 Å². The number of esters is 1. The molecule has 0 amide bonds. The van der Waals surface area contributed by atoms with Crippen LogP contribution in [0.3, 0.4) is 0 Å². The SMILES string of the molecule is O=C(Cc1cncnc1)Oc1ccccc1-c1ccccc1. The predicted molar refractivity (Wildman–Crippen MR) is 83.2 cm³/mol. The van der Waals surface area contributed by atoms with Gasteiger partial charge in [-0.1, -0.05) is 48.5 Å². The Morgan fingerprint density at radius 2 is 1.59 bits per heavy atom. The van der Waals surface area contributed by atoms with Gasteiger partial charge in [0.15, 0.2) is 0 Å². The Kier molecular flexibility index (Phi) is 4.20. The molecular weight excluding hydrogens is 276 g/mol. The van der Waals surface area contributed by atoms with Gasteiger partial charge in [0, 0.05) is 18.0 Å². The van der Waals surface area contributed by atoms with Crippen molar-refractivity contribution in [2.45, 2.75) is 6.42 Å². The minimum absolute atomic E-state index is 0.143. The van der Waals surface area contributed by atoms with E-state index in [0.717, 1.165) is 16.7 Å². The molecule has 0 radical (unpaired) electrons. The highest BCUT2D eigenvalue weighted by atomic mass is 16.5. The highest BCUT2D eigenvalue weighted by Gasteiger charge is 2.11. The van der Waals surface area contributed by atoms with Crippen molar-refractivity contribution in [1.82, 2.24) is 9.97 Å². The molecule has 0 unspecified atom stereocenters. The Morgan fingerprint density at radius 1 is 0.909 bits per heavy atom. The van der Waals surface area contributed by atoms with Crippen LogP contribution in [0.15, 0.2) is 73.3 Å². The number of benzene rings is 2. The largest absolute Gasteiger partial charge is 0.426 e. The first-order chi connectivity index (χ1) is 10.8. The third-order valence-corrected chi connectivity index (χ3v) is 3.16. The molecule has 0 aliphatic rings. The van der Waals surface area contributed by atoms with E-state index in [2.05, 4.69) is 9.97 Å². The number of para-hydroxylation sites is 1. The lowest BCUT2D eigenvalue weighted by Gasteiger charge is -2.10. The smallest absolute Gasteiger partial charge is 0.315 e. The molecule has 0 saturated carbocycles. The van der Waals surface area contributed by atoms with Crippen LogP contribution in [0.2, 0.25) is 0 Å². The fourth-order valence-corrected chi connectivity index (χ4v) is 2.16. The summed E-state index contributed by atoms with van der Waals surface area (Å²) >= 11 is 0. The molecule has 108 valence electrons. The Bertz CT molecular complexity index is 758. The highest BCUT2D eigenvalue weighted by Crippen LogP contribution is 2.29. The lowest BCUT2D eigenvalue weighted by molar-refractivity contribution is -0.133. The lowest BCUT2D eigenvalue weighted by atomic mass is 10.1. The topological polar surface area (TPSA) is 52.1 Å². The molecule has 0 fully saturated rings. The zero-order valence-electron chi connectivity index (χ0n) is 11.8. The van der Waals surface area contributed by atoms with E-state index in [4.69, 9.17) is 4.74 Å². The average molecular weight is 290 g/mol. The molecule has 22 heavy (non-hydrogen) atoms. The van der Waals surface area contributed by atoms with Gasteiger partial charge in [0.05, 0.1) is 6.42 Å². The van der Waals surface area contributed by atoms with E-state index >= 15 is 0 Å². The maximum Gasteiger partial charge on any atom is 0.315 e. The van der Waals surface area contributed by atoms with Gasteiger partial charge < -0.3 is 4.74 Å². The molecule has 2 aromatic carbocycles. The van der Waals surface area contributed by atoms with Crippen molar-refractivity contribution in [3.63, 3.8) is 0 Å². The summed E-state index contributed by atoms with van der Waals surface area (Å²) in [4.78, 5) is 19.9. The fraction of sp³-hybridized carbons (Fsp3) is 0.0556. The van der Waals surface area contributed by atoms with Crippen molar-refractivity contribution in [2.24, 2.45) is 0 Å². The Hall–Kier alpha value is -3.01. The Morgan fingerprint density at radius 3 is 2.36 bits per heavy atom. The van der Waals surface area contributed by atoms with Crippen LogP contribution in [0.5, 0.6) is 5.75 Å². The van der Waals surface area contributed by atoms with E-state index in [9.17, 15) is 4.79 Å². The van der Waals surface area contributed by atoms with Crippen LogP contribution in [0, 0.1) is 0 Å². The van der Waals surface area contributed by atoms with Crippen LogP contribution in [-0.4, -0.2) is 15.9 Å². The molecule has 4 heteroatoms. The average Bonchev–Trinajstić information content (AvgIpc) is 2.57. The third-order valence-electron chi connectivity index (χ3n) is 3.16. The summed E-state index contributed by atoms with van der Waals surface area (Å²) in [5, 5.41) is 0. The third kappa shape index (κ3) is 3.35. The van der Waals surface area contributed by atoms with Crippen LogP contribution in [0.4, 0.5) is 0 Å². The summed E-state index contributed by atoms with van der Waals surface area (Å²) in [6.45, 7) is 0. The molecule has 0 N–H and O–H groups in total. The molecule has 0 bridgehead atoms. The standard InChI is InChI=1S/C18H14N2O2/c21-18(10-14-11-19-13-20-12-14)22-17-9-5-4-8-16(17)15-6-2-1-3-7-15/h1-9,11-13H,10H2. The molecule has 0 atom stereocenters. The molecule has 3 rings (SSSR count). The number of hydrogen-bond acceptors (Lipinski definition) is 4. The number of rotatable bonds is 4. The van der Waals surface area contributed by atoms with E-state index in [0.29, 0.717) is 5.75 Å². The zero-order chi connectivity index (χ0) is 15.2. The molecule has 4 nitrogen and oxygen atoms in total. The quantitative estimate of drug-likeness (QED) is 0.546. The zero-order valence-corrected chi connectivity index (χ0v) is 11.8. The van der Waals surface area contributed by atoms with Crippen molar-refractivity contribution in [3.8, 4) is 16.9 Å². The van der Waals surface area contributed by atoms with Crippen molar-refractivity contribution in [2.75, 3.05) is 0 Å². The normalized spacial score (nSPS) is 10.2. The Labute approximate surface area is 128 Å². The van der Waals surface area contributed by atoms with Crippen molar-refractivity contribution in [1.29, 1.82) is 0 Å². The van der Waals surface area contributed by atoms with E-state index in [1.807, 2.05) is 48.5 Å². The number of nitrogens with zero attached hydrogens (tertiary/aromatic N) is 2. The molecule has 0 aliphatic heterocycles. The molecule has 1 aromatic heterocycles. The highest BCUT2D eigenvalue weighted by molar-refractivity contribution is 5.79. The van der Waals surface area contributed by atoms with Crippen molar-refractivity contribution >= 4 is 5.97 Å². The van der Waals surface area contributed by atoms with Gasteiger partial charge in [0.1, 0.15) is 12.1 Å². The number of carbonyl (C=O) groups is 1. The van der Waals surface area contributed by atoms with E-state index in [1.54, 1.807) is 18.5 Å². The lowest BCUT2D eigenvalue weighted by Crippen LogP contribution is -2.12. The predicted octanol–water partition coefficient (Wildman–Crippen LogP) is 3.29. The minimum atomic E-state index is -0.335. The van der Waals surface area contributed by atoms with Gasteiger partial charge in [-0.2, -0.15) is 0 Å². The maximum absolute atomic E-state index is 12.1. The van der Waals surface area contributed by atoms with E-state index in [-0.39, 0.29) is 12.4 Å². The molecule has 0 aliphatic carbocycles. The summed E-state index contributed by atoms with van der Waals surface area (Å²) in [6, 6.07) is 17.3. The first kappa shape index (κ1) is 13.9. The first-order valence-corrected chi connectivity index (χ1v) is 6.92. The summed E-state index contributed by atoms with van der Waals surface area (Å²) in [7, 11) is 0. The van der Waals surface area contributed by atoms with Crippen LogP contribution in [0.1, 0.15) is 5.56 Å². The molecule has 0 saturated heterocycles. The van der Waals surface area contributed by atoms with Gasteiger partial charge in [0.2, 0.25) is 0 Å². The maximum atomic E-state index is 12.1. The van der Waals surface area contributed by atoms with E-state index < -0.39 is 0 Å². The van der Waals surface area contributed by atoms with Crippen molar-refractivity contribution in [3.05, 3.63) is 78.9 Å². The second kappa shape index (κ2) is 6.63. The molecule has 0 spiro atoms. The molecular formula is C18H14N2O2. The van der Waals surface area contributed by atoms with Crippen LogP contribution >= 0.6 is 0 Å². The number of ether oxygens (including phenoxy) is 1. The molecule has 3 aromatic rings. The van der Waals surface area contributed by atoms with Gasteiger partial charge in [0.25, 0.3) is 0 Å². The van der Waals surface area contributed by atoms with Gasteiger partial charge >= 0.3 is 5.97 Å². The Balaban J connectivity index is 1.80. The number of aromatic nitrogens is 2. The van der Waals surface area contributed by atoms with Gasteiger partial charge in [-0.05, 0) is 17.2 Å². The number of hydrogen-bond donors (Lipinski definition) is 0. The van der Waals surface area contributed by atoms with Gasteiger partial charge in [-0.15, -0.1) is 0 Å². The summed E-state index contributed by atoms with van der Waals surface area (Å²) < 4.78 is 5.51. The van der Waals surface area contributed by atoms with Crippen LogP contribution in [0.25, 0.3) is 11.1 Å². The molecule has 1 heterocycles. The summed E-state index contributed by atoms with van der Waals surface area (Å²) in [5.74, 6) is 0.216. The van der Waals surface area contributed by atoms with E-state index in [1.165, 1.54) is 6.33 Å².